The number of allylic oxidation sites excluding steroid dienone is 1. The molecule has 1 heterocycles. The predicted octanol–water partition coefficient (Wildman–Crippen LogP) is 5.75. The summed E-state index contributed by atoms with van der Waals surface area (Å²) in [7, 11) is 0. The van der Waals surface area contributed by atoms with Crippen LogP contribution in [0.1, 0.15) is 59.3 Å². The van der Waals surface area contributed by atoms with Crippen molar-refractivity contribution in [2.45, 2.75) is 52.0 Å². The van der Waals surface area contributed by atoms with Crippen LogP contribution in [0.5, 0.6) is 0 Å². The molecule has 2 aromatic rings. The number of primary amides is 1. The molecule has 6 nitrogen and oxygen atoms in total. The third-order valence-electron chi connectivity index (χ3n) is 4.16. The first kappa shape index (κ1) is 27.5. The van der Waals surface area contributed by atoms with Gasteiger partial charge in [0.15, 0.2) is 0 Å². The van der Waals surface area contributed by atoms with E-state index in [1.54, 1.807) is 12.3 Å². The van der Waals surface area contributed by atoms with E-state index in [9.17, 15) is 9.59 Å². The molecule has 0 saturated heterocycles. The Morgan fingerprint density at radius 2 is 1.78 bits per heavy atom. The van der Waals surface area contributed by atoms with Crippen molar-refractivity contribution in [1.29, 1.82) is 0 Å². The third kappa shape index (κ3) is 11.2. The van der Waals surface area contributed by atoms with Gasteiger partial charge < -0.3 is 10.8 Å². The van der Waals surface area contributed by atoms with Crippen LogP contribution in [-0.4, -0.2) is 29.9 Å². The van der Waals surface area contributed by atoms with Gasteiger partial charge in [-0.25, -0.2) is 0 Å². The molecule has 1 aromatic heterocycles. The highest BCUT2D eigenvalue weighted by Crippen LogP contribution is 2.29. The number of carboxylic acid groups (broad SMARTS) is 1. The molecule has 0 aliphatic carbocycles. The van der Waals surface area contributed by atoms with Gasteiger partial charge in [0.2, 0.25) is 0 Å². The monoisotopic (exact) mass is 519 g/mol. The van der Waals surface area contributed by atoms with E-state index in [4.69, 9.17) is 10.8 Å². The molecule has 0 bridgehead atoms. The van der Waals surface area contributed by atoms with Crippen molar-refractivity contribution in [3.63, 3.8) is 0 Å². The van der Waals surface area contributed by atoms with Crippen molar-refractivity contribution in [1.82, 2.24) is 0 Å². The molecule has 172 valence electrons. The molecule has 0 radical (unpaired) electrons. The van der Waals surface area contributed by atoms with Gasteiger partial charge in [-0.05, 0) is 41.8 Å². The van der Waals surface area contributed by atoms with E-state index in [-0.39, 0.29) is 17.7 Å². The number of carbonyl (C=O) groups excluding carboxylic acids is 1. The zero-order valence-corrected chi connectivity index (χ0v) is 21.1. The SMILES string of the molecule is C=N/C=C(/Br)CC=NCc1ccc(CCC(=O)O)cc1.CC(C)(C)c1ccc(C(N)=O)s1. The highest BCUT2D eigenvalue weighted by Gasteiger charge is 2.17. The number of aliphatic carboxylic acids is 1. The normalized spacial score (nSPS) is 11.7. The molecule has 0 fully saturated rings. The minimum atomic E-state index is -0.772. The van der Waals surface area contributed by atoms with Crippen LogP contribution in [0.2, 0.25) is 0 Å². The molecule has 0 atom stereocenters. The average Bonchev–Trinajstić information content (AvgIpc) is 3.22. The van der Waals surface area contributed by atoms with Gasteiger partial charge in [0.1, 0.15) is 0 Å². The first-order valence-corrected chi connectivity index (χ1v) is 11.6. The third-order valence-corrected chi connectivity index (χ3v) is 6.21. The van der Waals surface area contributed by atoms with Crippen LogP contribution in [0, 0.1) is 0 Å². The number of thiophene rings is 1. The van der Waals surface area contributed by atoms with E-state index >= 15 is 0 Å². The minimum absolute atomic E-state index is 0.109. The first-order chi connectivity index (χ1) is 15.0. The number of rotatable bonds is 9. The summed E-state index contributed by atoms with van der Waals surface area (Å²) in [4.78, 5) is 31.0. The lowest BCUT2D eigenvalue weighted by atomic mass is 9.95. The smallest absolute Gasteiger partial charge is 0.303 e. The van der Waals surface area contributed by atoms with Crippen LogP contribution in [0.15, 0.2) is 57.1 Å². The van der Waals surface area contributed by atoms with Crippen LogP contribution in [0.3, 0.4) is 0 Å². The van der Waals surface area contributed by atoms with Gasteiger partial charge >= 0.3 is 5.97 Å². The molecule has 0 spiro atoms. The quantitative estimate of drug-likeness (QED) is 0.412. The molecular weight excluding hydrogens is 490 g/mol. The summed E-state index contributed by atoms with van der Waals surface area (Å²) in [6.07, 6.45) is 4.88. The number of amides is 1. The topological polar surface area (TPSA) is 105 Å². The highest BCUT2D eigenvalue weighted by atomic mass is 79.9. The van der Waals surface area contributed by atoms with Crippen molar-refractivity contribution in [2.24, 2.45) is 15.7 Å². The Bertz CT molecular complexity index is 958. The second kappa shape index (κ2) is 13.8. The van der Waals surface area contributed by atoms with Gasteiger partial charge in [0.25, 0.3) is 5.91 Å². The number of aliphatic imine (C=N–C) groups is 2. The maximum Gasteiger partial charge on any atom is 0.303 e. The zero-order chi connectivity index (χ0) is 24.1. The number of nitrogens with zero attached hydrogens (tertiary/aromatic N) is 2. The van der Waals surface area contributed by atoms with Gasteiger partial charge in [0.05, 0.1) is 11.4 Å². The Morgan fingerprint density at radius 3 is 2.25 bits per heavy atom. The first-order valence-electron chi connectivity index (χ1n) is 10.0. The van der Waals surface area contributed by atoms with E-state index in [1.165, 1.54) is 16.2 Å². The molecule has 0 aliphatic heterocycles. The van der Waals surface area contributed by atoms with Gasteiger partial charge in [-0.15, -0.1) is 11.3 Å². The maximum absolute atomic E-state index is 10.8. The molecule has 0 saturated carbocycles. The summed E-state index contributed by atoms with van der Waals surface area (Å²) >= 11 is 4.82. The molecule has 2 rings (SSSR count). The summed E-state index contributed by atoms with van der Waals surface area (Å²) < 4.78 is 0.931. The number of hydrogen-bond donors (Lipinski definition) is 2. The van der Waals surface area contributed by atoms with Crippen molar-refractivity contribution in [3.05, 3.63) is 68.0 Å². The number of carbonyl (C=O) groups is 2. The fourth-order valence-electron chi connectivity index (χ4n) is 2.41. The number of benzene rings is 1. The Morgan fingerprint density at radius 1 is 1.16 bits per heavy atom. The second-order valence-corrected chi connectivity index (χ2v) is 10.1. The minimum Gasteiger partial charge on any atom is -0.481 e. The number of nitrogens with two attached hydrogens (primary N) is 1. The van der Waals surface area contributed by atoms with Crippen LogP contribution >= 0.6 is 27.3 Å². The number of carboxylic acids is 1. The van der Waals surface area contributed by atoms with Crippen LogP contribution in [0.25, 0.3) is 0 Å². The van der Waals surface area contributed by atoms with Crippen molar-refractivity contribution < 1.29 is 14.7 Å². The van der Waals surface area contributed by atoms with Gasteiger partial charge in [-0.1, -0.05) is 61.0 Å². The molecule has 3 N–H and O–H groups in total. The largest absolute Gasteiger partial charge is 0.481 e. The fraction of sp³-hybridized carbons (Fsp3) is 0.333. The molecule has 1 amide bonds. The van der Waals surface area contributed by atoms with Crippen LogP contribution in [-0.2, 0) is 23.2 Å². The fourth-order valence-corrected chi connectivity index (χ4v) is 3.61. The summed E-state index contributed by atoms with van der Waals surface area (Å²) in [5.41, 5.74) is 7.38. The molecular formula is C24H30BrN3O3S. The molecule has 8 heteroatoms. The lowest BCUT2D eigenvalue weighted by molar-refractivity contribution is -0.136. The zero-order valence-electron chi connectivity index (χ0n) is 18.7. The number of aryl methyl sites for hydroxylation is 1. The molecule has 0 aliphatic rings. The lowest BCUT2D eigenvalue weighted by Gasteiger charge is -2.14. The number of hydrogen-bond acceptors (Lipinski definition) is 5. The Balaban J connectivity index is 0.000000363. The Hall–Kier alpha value is -2.58. The van der Waals surface area contributed by atoms with Crippen LogP contribution < -0.4 is 5.73 Å². The van der Waals surface area contributed by atoms with Gasteiger partial charge in [-0.2, -0.15) is 0 Å². The standard InChI is InChI=1S/C15H17BrN2O2.C9H13NOS/c1-17-11-14(16)8-9-18-10-13-4-2-12(3-5-13)6-7-15(19)20;1-9(2,3)7-5-4-6(12-7)8(10)11/h2-5,9,11H,1,6-8,10H2,(H,19,20);4-5H,1-3H3,(H2,10,11)/b14-11+,18-9?;. The van der Waals surface area contributed by atoms with Crippen molar-refractivity contribution in [2.75, 3.05) is 0 Å². The lowest BCUT2D eigenvalue weighted by Crippen LogP contribution is -2.09. The molecule has 0 unspecified atom stereocenters. The molecule has 1 aromatic carbocycles. The highest BCUT2D eigenvalue weighted by molar-refractivity contribution is 9.11. The summed E-state index contributed by atoms with van der Waals surface area (Å²) in [6, 6.07) is 11.6. The summed E-state index contributed by atoms with van der Waals surface area (Å²) in [6.45, 7) is 10.3. The number of halogens is 1. The molecule has 32 heavy (non-hydrogen) atoms. The van der Waals surface area contributed by atoms with E-state index < -0.39 is 5.97 Å². The summed E-state index contributed by atoms with van der Waals surface area (Å²) in [5.74, 6) is -1.11. The maximum atomic E-state index is 10.8. The van der Waals surface area contributed by atoms with E-state index in [0.717, 1.165) is 15.6 Å². The van der Waals surface area contributed by atoms with E-state index in [0.29, 0.717) is 24.3 Å². The van der Waals surface area contributed by atoms with Crippen molar-refractivity contribution >= 4 is 52.1 Å². The predicted molar refractivity (Wildman–Crippen MR) is 137 cm³/mol. The van der Waals surface area contributed by atoms with E-state index in [1.807, 2.05) is 36.5 Å². The van der Waals surface area contributed by atoms with Gasteiger partial charge in [0, 0.05) is 34.6 Å². The second-order valence-electron chi connectivity index (χ2n) is 7.97. The average molecular weight is 520 g/mol. The summed E-state index contributed by atoms with van der Waals surface area (Å²) in [5, 5.41) is 8.62. The van der Waals surface area contributed by atoms with Crippen molar-refractivity contribution in [3.8, 4) is 0 Å². The van der Waals surface area contributed by atoms with Gasteiger partial charge in [-0.3, -0.25) is 19.6 Å². The Labute approximate surface area is 202 Å². The van der Waals surface area contributed by atoms with E-state index in [2.05, 4.69) is 53.4 Å². The Kier molecular flexibility index (Phi) is 11.8. The van der Waals surface area contributed by atoms with Crippen LogP contribution in [0.4, 0.5) is 0 Å².